The summed E-state index contributed by atoms with van der Waals surface area (Å²) in [6.45, 7) is 1.35. The third-order valence-electron chi connectivity index (χ3n) is 3.46. The Balaban J connectivity index is 1.89. The second-order valence-corrected chi connectivity index (χ2v) is 5.14. The predicted molar refractivity (Wildman–Crippen MR) is 82.3 cm³/mol. The summed E-state index contributed by atoms with van der Waals surface area (Å²) in [6.07, 6.45) is 0. The van der Waals surface area contributed by atoms with Crippen molar-refractivity contribution in [3.8, 4) is 17.2 Å². The van der Waals surface area contributed by atoms with Gasteiger partial charge in [-0.3, -0.25) is 4.90 Å². The fourth-order valence-electron chi connectivity index (χ4n) is 2.34. The summed E-state index contributed by atoms with van der Waals surface area (Å²) in [6, 6.07) is 15.0. The number of halogens is 1. The molecular weight excluding hydrogens is 286 g/mol. The van der Waals surface area contributed by atoms with Gasteiger partial charge in [-0.05, 0) is 35.4 Å². The van der Waals surface area contributed by atoms with Crippen molar-refractivity contribution in [3.05, 3.63) is 53.1 Å². The van der Waals surface area contributed by atoms with Crippen molar-refractivity contribution in [1.82, 2.24) is 5.32 Å². The molecular formula is C16H12ClN3O. The molecule has 0 spiro atoms. The van der Waals surface area contributed by atoms with Crippen LogP contribution in [0.15, 0.2) is 42.5 Å². The second-order valence-electron chi connectivity index (χ2n) is 4.74. The molecule has 4 nitrogen and oxygen atoms in total. The third-order valence-corrected chi connectivity index (χ3v) is 3.77. The zero-order valence-electron chi connectivity index (χ0n) is 11.1. The van der Waals surface area contributed by atoms with Crippen LogP contribution in [0.25, 0.3) is 11.1 Å². The van der Waals surface area contributed by atoms with Gasteiger partial charge in [-0.1, -0.05) is 29.8 Å². The smallest absolute Gasteiger partial charge is 0.321 e. The van der Waals surface area contributed by atoms with E-state index in [2.05, 4.69) is 5.32 Å². The topological polar surface area (TPSA) is 56.1 Å². The van der Waals surface area contributed by atoms with Gasteiger partial charge in [0.15, 0.2) is 0 Å². The Morgan fingerprint density at radius 1 is 1.14 bits per heavy atom. The van der Waals surface area contributed by atoms with E-state index in [0.29, 0.717) is 23.7 Å². The molecule has 0 aromatic heterocycles. The Hall–Kier alpha value is -2.51. The van der Waals surface area contributed by atoms with E-state index >= 15 is 0 Å². The highest BCUT2D eigenvalue weighted by molar-refractivity contribution is 6.32. The molecule has 1 saturated heterocycles. The van der Waals surface area contributed by atoms with Crippen LogP contribution in [0.2, 0.25) is 5.02 Å². The van der Waals surface area contributed by atoms with Crippen molar-refractivity contribution >= 4 is 23.3 Å². The number of benzene rings is 2. The minimum atomic E-state index is -0.0656. The summed E-state index contributed by atoms with van der Waals surface area (Å²) < 4.78 is 0. The van der Waals surface area contributed by atoms with Gasteiger partial charge in [-0.25, -0.2) is 4.79 Å². The lowest BCUT2D eigenvalue weighted by Gasteiger charge is -2.14. The van der Waals surface area contributed by atoms with Crippen LogP contribution in [0.3, 0.4) is 0 Å². The van der Waals surface area contributed by atoms with Crippen LogP contribution in [-0.2, 0) is 0 Å². The third kappa shape index (κ3) is 2.56. The average Bonchev–Trinajstić information content (AvgIpc) is 2.93. The SMILES string of the molecule is N#Cc1ccc(-c2ccc(N3CCNC3=O)cc2)cc1Cl. The lowest BCUT2D eigenvalue weighted by molar-refractivity contribution is 0.252. The fourth-order valence-corrected chi connectivity index (χ4v) is 2.56. The molecule has 1 aliphatic rings. The number of nitriles is 1. The molecule has 2 amide bonds. The number of carbonyl (C=O) groups is 1. The molecule has 104 valence electrons. The summed E-state index contributed by atoms with van der Waals surface area (Å²) in [7, 11) is 0. The second kappa shape index (κ2) is 5.47. The summed E-state index contributed by atoms with van der Waals surface area (Å²) in [5, 5.41) is 12.1. The molecule has 0 unspecified atom stereocenters. The van der Waals surface area contributed by atoms with Crippen molar-refractivity contribution in [3.63, 3.8) is 0 Å². The van der Waals surface area contributed by atoms with Crippen molar-refractivity contribution in [2.24, 2.45) is 0 Å². The first-order chi connectivity index (χ1) is 10.2. The first-order valence-electron chi connectivity index (χ1n) is 6.54. The lowest BCUT2D eigenvalue weighted by atomic mass is 10.0. The Morgan fingerprint density at radius 3 is 2.43 bits per heavy atom. The minimum Gasteiger partial charge on any atom is -0.336 e. The lowest BCUT2D eigenvalue weighted by Crippen LogP contribution is -2.27. The largest absolute Gasteiger partial charge is 0.336 e. The van der Waals surface area contributed by atoms with E-state index in [1.165, 1.54) is 0 Å². The maximum absolute atomic E-state index is 11.6. The average molecular weight is 298 g/mol. The molecule has 1 aliphatic heterocycles. The van der Waals surface area contributed by atoms with Gasteiger partial charge < -0.3 is 5.32 Å². The van der Waals surface area contributed by atoms with E-state index in [-0.39, 0.29) is 6.03 Å². The Kier molecular flexibility index (Phi) is 3.51. The predicted octanol–water partition coefficient (Wildman–Crippen LogP) is 3.41. The van der Waals surface area contributed by atoms with Crippen molar-refractivity contribution in [2.75, 3.05) is 18.0 Å². The molecule has 2 aromatic rings. The number of hydrogen-bond acceptors (Lipinski definition) is 2. The molecule has 0 bridgehead atoms. The maximum atomic E-state index is 11.6. The van der Waals surface area contributed by atoms with Crippen molar-refractivity contribution < 1.29 is 4.79 Å². The summed E-state index contributed by atoms with van der Waals surface area (Å²) in [4.78, 5) is 13.3. The quantitative estimate of drug-likeness (QED) is 0.923. The number of anilines is 1. The van der Waals surface area contributed by atoms with Crippen LogP contribution in [0.5, 0.6) is 0 Å². The highest BCUT2D eigenvalue weighted by atomic mass is 35.5. The first-order valence-corrected chi connectivity index (χ1v) is 6.92. The van der Waals surface area contributed by atoms with Gasteiger partial charge in [0, 0.05) is 18.8 Å². The van der Waals surface area contributed by atoms with Crippen LogP contribution < -0.4 is 10.2 Å². The Bertz CT molecular complexity index is 734. The molecule has 5 heteroatoms. The number of nitrogens with zero attached hydrogens (tertiary/aromatic N) is 2. The van der Waals surface area contributed by atoms with Crippen LogP contribution in [-0.4, -0.2) is 19.1 Å². The maximum Gasteiger partial charge on any atom is 0.321 e. The van der Waals surface area contributed by atoms with Crippen LogP contribution in [0, 0.1) is 11.3 Å². The van der Waals surface area contributed by atoms with Crippen LogP contribution >= 0.6 is 11.6 Å². The van der Waals surface area contributed by atoms with Crippen LogP contribution in [0.1, 0.15) is 5.56 Å². The van der Waals surface area contributed by atoms with Gasteiger partial charge in [-0.15, -0.1) is 0 Å². The molecule has 1 heterocycles. The van der Waals surface area contributed by atoms with E-state index in [1.807, 2.05) is 36.4 Å². The Morgan fingerprint density at radius 2 is 1.86 bits per heavy atom. The highest BCUT2D eigenvalue weighted by Crippen LogP contribution is 2.27. The van der Waals surface area contributed by atoms with E-state index in [9.17, 15) is 4.79 Å². The number of nitrogens with one attached hydrogen (secondary N) is 1. The molecule has 0 saturated carbocycles. The highest BCUT2D eigenvalue weighted by Gasteiger charge is 2.20. The molecule has 0 aliphatic carbocycles. The van der Waals surface area contributed by atoms with Crippen molar-refractivity contribution in [1.29, 1.82) is 5.26 Å². The van der Waals surface area contributed by atoms with Crippen LogP contribution in [0.4, 0.5) is 10.5 Å². The molecule has 2 aromatic carbocycles. The molecule has 1 N–H and O–H groups in total. The number of carbonyl (C=O) groups excluding carboxylic acids is 1. The number of urea groups is 1. The van der Waals surface area contributed by atoms with E-state index < -0.39 is 0 Å². The van der Waals surface area contributed by atoms with Gasteiger partial charge in [0.05, 0.1) is 10.6 Å². The number of amides is 2. The van der Waals surface area contributed by atoms with Gasteiger partial charge in [0.25, 0.3) is 0 Å². The molecule has 21 heavy (non-hydrogen) atoms. The van der Waals surface area contributed by atoms with E-state index in [1.54, 1.807) is 17.0 Å². The normalized spacial score (nSPS) is 13.9. The van der Waals surface area contributed by atoms with E-state index in [4.69, 9.17) is 16.9 Å². The molecule has 1 fully saturated rings. The number of rotatable bonds is 2. The zero-order chi connectivity index (χ0) is 14.8. The van der Waals surface area contributed by atoms with E-state index in [0.717, 1.165) is 16.8 Å². The minimum absolute atomic E-state index is 0.0656. The Labute approximate surface area is 127 Å². The summed E-state index contributed by atoms with van der Waals surface area (Å²) >= 11 is 6.05. The zero-order valence-corrected chi connectivity index (χ0v) is 11.9. The standard InChI is InChI=1S/C16H12ClN3O/c17-15-9-12(1-2-13(15)10-18)11-3-5-14(6-4-11)20-8-7-19-16(20)21/h1-6,9H,7-8H2,(H,19,21). The monoisotopic (exact) mass is 297 g/mol. The molecule has 0 atom stereocenters. The first kappa shape index (κ1) is 13.5. The molecule has 3 rings (SSSR count). The summed E-state index contributed by atoms with van der Waals surface area (Å²) in [5.74, 6) is 0. The number of hydrogen-bond donors (Lipinski definition) is 1. The van der Waals surface area contributed by atoms with Gasteiger partial charge in [-0.2, -0.15) is 5.26 Å². The molecule has 0 radical (unpaired) electrons. The fraction of sp³-hybridized carbons (Fsp3) is 0.125. The van der Waals surface area contributed by atoms with Gasteiger partial charge >= 0.3 is 6.03 Å². The summed E-state index contributed by atoms with van der Waals surface area (Å²) in [5.41, 5.74) is 3.26. The van der Waals surface area contributed by atoms with Gasteiger partial charge in [0.1, 0.15) is 6.07 Å². The van der Waals surface area contributed by atoms with Crippen molar-refractivity contribution in [2.45, 2.75) is 0 Å². The van der Waals surface area contributed by atoms with Gasteiger partial charge in [0.2, 0.25) is 0 Å².